The molecule has 1 saturated carbocycles. The third-order valence-corrected chi connectivity index (χ3v) is 6.37. The van der Waals surface area contributed by atoms with Gasteiger partial charge in [-0.15, -0.1) is 0 Å². The van der Waals surface area contributed by atoms with E-state index < -0.39 is 5.41 Å². The summed E-state index contributed by atoms with van der Waals surface area (Å²) in [6.45, 7) is 8.99. The molecule has 2 heterocycles. The van der Waals surface area contributed by atoms with Crippen molar-refractivity contribution in [3.63, 3.8) is 0 Å². The fraction of sp³-hybridized carbons (Fsp3) is 0.400. The van der Waals surface area contributed by atoms with Gasteiger partial charge in [0.2, 0.25) is 12.7 Å². The van der Waals surface area contributed by atoms with E-state index in [1.807, 2.05) is 18.2 Å². The Morgan fingerprint density at radius 2 is 1.90 bits per heavy atom. The molecule has 0 radical (unpaired) electrons. The summed E-state index contributed by atoms with van der Waals surface area (Å²) in [5.74, 6) is 1.52. The molecule has 1 fully saturated rings. The van der Waals surface area contributed by atoms with E-state index in [1.165, 1.54) is 11.3 Å². The van der Waals surface area contributed by atoms with Crippen molar-refractivity contribution >= 4 is 22.5 Å². The van der Waals surface area contributed by atoms with E-state index in [-0.39, 0.29) is 21.0 Å². The number of amides is 1. The van der Waals surface area contributed by atoms with E-state index in [0.29, 0.717) is 0 Å². The Bertz CT molecular complexity index is 1160. The molecule has 0 atom stereocenters. The van der Waals surface area contributed by atoms with Crippen molar-refractivity contribution in [2.45, 2.75) is 57.8 Å². The highest BCUT2D eigenvalue weighted by atomic mass is 16.7. The van der Waals surface area contributed by atoms with Gasteiger partial charge >= 0.3 is 0 Å². The van der Waals surface area contributed by atoms with Crippen LogP contribution in [0.2, 0.25) is 0 Å². The molecule has 5 rings (SSSR count). The van der Waals surface area contributed by atoms with Crippen LogP contribution in [-0.2, 0) is 22.0 Å². The summed E-state index contributed by atoms with van der Waals surface area (Å²) >= 11 is 0. The molecular formula is C25H32N2O3. The summed E-state index contributed by atoms with van der Waals surface area (Å²) in [7, 11) is 0. The summed E-state index contributed by atoms with van der Waals surface area (Å²) < 4.78 is 10.9. The largest absolute Gasteiger partial charge is 0.454 e. The molecular weight excluding hydrogens is 376 g/mol. The summed E-state index contributed by atoms with van der Waals surface area (Å²) in [5, 5.41) is 4.34. The van der Waals surface area contributed by atoms with E-state index >= 15 is 0 Å². The Hall–Kier alpha value is -2.95. The monoisotopic (exact) mass is 408 g/mol. The van der Waals surface area contributed by atoms with Crippen LogP contribution < -0.4 is 14.8 Å². The second-order valence-corrected chi connectivity index (χ2v) is 9.49. The van der Waals surface area contributed by atoms with Crippen LogP contribution >= 0.6 is 0 Å². The van der Waals surface area contributed by atoms with Crippen LogP contribution in [0.1, 0.15) is 60.2 Å². The zero-order valence-corrected chi connectivity index (χ0v) is 18.0. The van der Waals surface area contributed by atoms with Crippen LogP contribution in [0.5, 0.6) is 11.5 Å². The van der Waals surface area contributed by atoms with E-state index in [1.54, 1.807) is 0 Å². The third-order valence-electron chi connectivity index (χ3n) is 6.37. The molecule has 0 unspecified atom stereocenters. The third kappa shape index (κ3) is 3.04. The number of aromatic nitrogens is 1. The van der Waals surface area contributed by atoms with Crippen LogP contribution in [0.15, 0.2) is 36.4 Å². The minimum absolute atomic E-state index is 0. The highest BCUT2D eigenvalue weighted by molar-refractivity contribution is 6.03. The number of fused-ring (bicyclic) bond motifs is 2. The second kappa shape index (κ2) is 6.53. The van der Waals surface area contributed by atoms with Gasteiger partial charge in [-0.05, 0) is 60.7 Å². The minimum atomic E-state index is -0.475. The van der Waals surface area contributed by atoms with Crippen molar-refractivity contribution < 1.29 is 17.1 Å². The summed E-state index contributed by atoms with van der Waals surface area (Å²) in [4.78, 5) is 16.9. The van der Waals surface area contributed by atoms with E-state index in [2.05, 4.69) is 56.2 Å². The average molecular weight is 409 g/mol. The van der Waals surface area contributed by atoms with Crippen LogP contribution in [0.25, 0.3) is 10.9 Å². The van der Waals surface area contributed by atoms with Crippen LogP contribution in [0.3, 0.4) is 0 Å². The topological polar surface area (TPSA) is 63.4 Å². The molecule has 2 N–H and O–H groups in total. The number of anilines is 1. The normalized spacial score (nSPS) is 16.7. The first kappa shape index (κ1) is 19.0. The number of hydrogen-bond donors (Lipinski definition) is 2. The number of aryl methyl sites for hydroxylation is 1. The van der Waals surface area contributed by atoms with Crippen molar-refractivity contribution in [2.24, 2.45) is 0 Å². The first-order chi connectivity index (χ1) is 14.3. The molecule has 0 bridgehead atoms. The summed E-state index contributed by atoms with van der Waals surface area (Å²) in [6.07, 6.45) is 2.59. The first-order valence-corrected chi connectivity index (χ1v) is 10.7. The molecule has 5 nitrogen and oxygen atoms in total. The standard InChI is InChI=1S/C25H28N2O3.2H2/c1-5-15-10-18(11-16-12-21(24(2,3)4)27-22(15)16)26-23(28)25(8-9-25)17-6-7-19-20(13-17)30-14-29-19;;/h6-7,10-13,27H,5,8-9,14H2,1-4H3,(H,26,28);2*1H. The van der Waals surface area contributed by atoms with Gasteiger partial charge in [-0.25, -0.2) is 0 Å². The van der Waals surface area contributed by atoms with Crippen LogP contribution in [-0.4, -0.2) is 17.7 Å². The number of rotatable bonds is 4. The Morgan fingerprint density at radius 1 is 1.13 bits per heavy atom. The van der Waals surface area contributed by atoms with Gasteiger partial charge < -0.3 is 19.8 Å². The van der Waals surface area contributed by atoms with Crippen molar-refractivity contribution in [2.75, 3.05) is 12.1 Å². The highest BCUT2D eigenvalue weighted by Crippen LogP contribution is 2.51. The lowest BCUT2D eigenvalue weighted by atomic mass is 9.92. The lowest BCUT2D eigenvalue weighted by molar-refractivity contribution is -0.118. The molecule has 2 aromatic carbocycles. The van der Waals surface area contributed by atoms with E-state index in [9.17, 15) is 4.79 Å². The Morgan fingerprint density at radius 3 is 2.60 bits per heavy atom. The number of carbonyl (C=O) groups is 1. The molecule has 3 aromatic rings. The van der Waals surface area contributed by atoms with Crippen molar-refractivity contribution in [3.05, 3.63) is 53.2 Å². The summed E-state index contributed by atoms with van der Waals surface area (Å²) in [6, 6.07) is 12.2. The quantitative estimate of drug-likeness (QED) is 0.563. The minimum Gasteiger partial charge on any atom is -0.454 e. The molecule has 2 aliphatic rings. The summed E-state index contributed by atoms with van der Waals surface area (Å²) in [5.41, 5.74) is 5.01. The fourth-order valence-corrected chi connectivity index (χ4v) is 4.29. The van der Waals surface area contributed by atoms with Gasteiger partial charge in [-0.3, -0.25) is 4.79 Å². The smallest absolute Gasteiger partial charge is 0.235 e. The highest BCUT2D eigenvalue weighted by Gasteiger charge is 2.51. The molecule has 1 amide bonds. The van der Waals surface area contributed by atoms with Crippen molar-refractivity contribution in [3.8, 4) is 11.5 Å². The molecule has 1 aromatic heterocycles. The molecule has 5 heteroatoms. The molecule has 0 saturated heterocycles. The Balaban J connectivity index is 0.00000144. The maximum Gasteiger partial charge on any atom is 0.235 e. The fourth-order valence-electron chi connectivity index (χ4n) is 4.29. The lowest BCUT2D eigenvalue weighted by Crippen LogP contribution is -2.27. The predicted octanol–water partition coefficient (Wildman–Crippen LogP) is 5.92. The average Bonchev–Trinajstić information content (AvgIpc) is 3.18. The number of nitrogens with one attached hydrogen (secondary N) is 2. The van der Waals surface area contributed by atoms with E-state index in [4.69, 9.17) is 9.47 Å². The first-order valence-electron chi connectivity index (χ1n) is 10.7. The number of hydrogen-bond acceptors (Lipinski definition) is 3. The number of aromatic amines is 1. The van der Waals surface area contributed by atoms with Gasteiger partial charge in [0.1, 0.15) is 0 Å². The zero-order valence-electron chi connectivity index (χ0n) is 18.0. The van der Waals surface area contributed by atoms with Gasteiger partial charge in [-0.1, -0.05) is 33.8 Å². The van der Waals surface area contributed by atoms with Crippen molar-refractivity contribution in [1.82, 2.24) is 4.98 Å². The molecule has 0 spiro atoms. The molecule has 1 aliphatic carbocycles. The van der Waals surface area contributed by atoms with Gasteiger partial charge in [0.25, 0.3) is 0 Å². The van der Waals surface area contributed by atoms with E-state index in [0.717, 1.165) is 52.9 Å². The number of benzene rings is 2. The predicted molar refractivity (Wildman–Crippen MR) is 123 cm³/mol. The molecule has 160 valence electrons. The SMILES string of the molecule is CCc1cc(NC(=O)C2(c3ccc4c(c3)OCO4)CC2)cc2cc(C(C)(C)C)[nH]c12.[HH].[HH]. The Kier molecular flexibility index (Phi) is 4.14. The Labute approximate surface area is 179 Å². The van der Waals surface area contributed by atoms with Gasteiger partial charge in [-0.2, -0.15) is 0 Å². The number of H-pyrrole nitrogens is 1. The lowest BCUT2D eigenvalue weighted by Gasteiger charge is -2.17. The molecule has 30 heavy (non-hydrogen) atoms. The van der Waals surface area contributed by atoms with Crippen LogP contribution in [0, 0.1) is 0 Å². The van der Waals surface area contributed by atoms with Gasteiger partial charge in [0.15, 0.2) is 11.5 Å². The number of ether oxygens (including phenoxy) is 2. The van der Waals surface area contributed by atoms with Gasteiger partial charge in [0, 0.05) is 30.6 Å². The van der Waals surface area contributed by atoms with Crippen LogP contribution in [0.4, 0.5) is 5.69 Å². The zero-order chi connectivity index (χ0) is 21.1. The van der Waals surface area contributed by atoms with Gasteiger partial charge in [0.05, 0.1) is 5.41 Å². The maximum atomic E-state index is 13.3. The second-order valence-electron chi connectivity index (χ2n) is 9.49. The van der Waals surface area contributed by atoms with Crippen molar-refractivity contribution in [1.29, 1.82) is 0 Å². The molecule has 1 aliphatic heterocycles. The number of carbonyl (C=O) groups excluding carboxylic acids is 1. The maximum absolute atomic E-state index is 13.3.